The standard InChI is InChI=1S/C29H29ClF2N2O6S/c1-17(28-22(30)5-4-6-24(28)32)13-19-7-10-26-25(14-19)34(16-20(40-26)11-12-33-29(36)18(2)35)41(37,38)21-8-9-23(31)27(15-21)39-3/h4-10,13-15,18,20,35H,11-12,16H2,1-3H3,(H,33,36). The third-order valence-corrected chi connectivity index (χ3v) is 8.60. The van der Waals surface area contributed by atoms with Gasteiger partial charge in [-0.05, 0) is 61.4 Å². The lowest BCUT2D eigenvalue weighted by Gasteiger charge is -2.36. The van der Waals surface area contributed by atoms with Crippen molar-refractivity contribution in [3.05, 3.63) is 82.4 Å². The normalized spacial score (nSPS) is 16.0. The summed E-state index contributed by atoms with van der Waals surface area (Å²) in [6.07, 6.45) is 0.0637. The molecule has 3 aromatic rings. The minimum atomic E-state index is -4.25. The number of allylic oxidation sites excluding steroid dienone is 1. The quantitative estimate of drug-likeness (QED) is 0.331. The Morgan fingerprint density at radius 1 is 1.22 bits per heavy atom. The molecule has 0 bridgehead atoms. The van der Waals surface area contributed by atoms with Crippen molar-refractivity contribution in [1.82, 2.24) is 5.32 Å². The topological polar surface area (TPSA) is 105 Å². The highest BCUT2D eigenvalue weighted by atomic mass is 35.5. The number of carbonyl (C=O) groups is 1. The van der Waals surface area contributed by atoms with E-state index in [0.29, 0.717) is 11.1 Å². The van der Waals surface area contributed by atoms with Crippen molar-refractivity contribution >= 4 is 44.9 Å². The Hall–Kier alpha value is -3.67. The smallest absolute Gasteiger partial charge is 0.264 e. The van der Waals surface area contributed by atoms with E-state index in [9.17, 15) is 27.1 Å². The molecule has 0 saturated carbocycles. The van der Waals surface area contributed by atoms with Crippen molar-refractivity contribution in [1.29, 1.82) is 0 Å². The predicted octanol–water partition coefficient (Wildman–Crippen LogP) is 5.03. The fourth-order valence-electron chi connectivity index (χ4n) is 4.43. The maximum atomic E-state index is 14.5. The van der Waals surface area contributed by atoms with E-state index in [2.05, 4.69) is 5.32 Å². The molecule has 0 saturated heterocycles. The molecule has 0 fully saturated rings. The largest absolute Gasteiger partial charge is 0.494 e. The molecule has 2 atom stereocenters. The lowest BCUT2D eigenvalue weighted by atomic mass is 10.0. The first-order chi connectivity index (χ1) is 19.4. The first kappa shape index (κ1) is 30.3. The van der Waals surface area contributed by atoms with E-state index in [4.69, 9.17) is 21.1 Å². The zero-order valence-electron chi connectivity index (χ0n) is 22.5. The maximum absolute atomic E-state index is 14.5. The van der Waals surface area contributed by atoms with Gasteiger partial charge in [0, 0.05) is 24.6 Å². The number of carbonyl (C=O) groups excluding carboxylic acids is 1. The number of halogens is 3. The van der Waals surface area contributed by atoms with Crippen LogP contribution >= 0.6 is 11.6 Å². The molecule has 1 aliphatic rings. The molecule has 3 aromatic carbocycles. The SMILES string of the molecule is COc1cc(S(=O)(=O)N2CC(CCNC(=O)C(C)O)Oc3ccc(C=C(C)c4c(F)cccc4Cl)cc32)ccc1F. The van der Waals surface area contributed by atoms with Gasteiger partial charge in [-0.1, -0.05) is 29.8 Å². The van der Waals surface area contributed by atoms with Gasteiger partial charge in [0.1, 0.15) is 23.8 Å². The van der Waals surface area contributed by atoms with Gasteiger partial charge in [0.25, 0.3) is 10.0 Å². The van der Waals surface area contributed by atoms with E-state index in [1.54, 1.807) is 37.3 Å². The molecule has 218 valence electrons. The van der Waals surface area contributed by atoms with Gasteiger partial charge in [-0.15, -0.1) is 0 Å². The number of ether oxygens (including phenoxy) is 2. The van der Waals surface area contributed by atoms with Crippen LogP contribution in [0.4, 0.5) is 14.5 Å². The summed E-state index contributed by atoms with van der Waals surface area (Å²) in [5, 5.41) is 12.2. The van der Waals surface area contributed by atoms with Crippen LogP contribution in [-0.2, 0) is 14.8 Å². The number of fused-ring (bicyclic) bond motifs is 1. The highest BCUT2D eigenvalue weighted by Crippen LogP contribution is 2.40. The average molecular weight is 607 g/mol. The summed E-state index contributed by atoms with van der Waals surface area (Å²) < 4.78 is 68.6. The first-order valence-electron chi connectivity index (χ1n) is 12.7. The number of amides is 1. The van der Waals surface area contributed by atoms with Crippen LogP contribution in [0, 0.1) is 11.6 Å². The van der Waals surface area contributed by atoms with E-state index in [1.165, 1.54) is 26.2 Å². The van der Waals surface area contributed by atoms with Crippen molar-refractivity contribution < 1.29 is 36.6 Å². The number of hydrogen-bond acceptors (Lipinski definition) is 6. The maximum Gasteiger partial charge on any atom is 0.264 e. The average Bonchev–Trinajstić information content (AvgIpc) is 2.92. The number of anilines is 1. The number of methoxy groups -OCH3 is 1. The molecule has 12 heteroatoms. The minimum absolute atomic E-state index is 0.120. The van der Waals surface area contributed by atoms with Crippen molar-refractivity contribution in [2.75, 3.05) is 24.5 Å². The van der Waals surface area contributed by atoms with Gasteiger partial charge in [-0.2, -0.15) is 0 Å². The Morgan fingerprint density at radius 3 is 2.66 bits per heavy atom. The summed E-state index contributed by atoms with van der Waals surface area (Å²) in [7, 11) is -3.01. The van der Waals surface area contributed by atoms with Crippen LogP contribution < -0.4 is 19.1 Å². The highest BCUT2D eigenvalue weighted by molar-refractivity contribution is 7.92. The number of rotatable bonds is 9. The fraction of sp³-hybridized carbons (Fsp3) is 0.276. The van der Waals surface area contributed by atoms with Crippen LogP contribution in [0.15, 0.2) is 59.5 Å². The predicted molar refractivity (Wildman–Crippen MR) is 153 cm³/mol. The van der Waals surface area contributed by atoms with Gasteiger partial charge >= 0.3 is 0 Å². The lowest BCUT2D eigenvalue weighted by Crippen LogP contribution is -2.45. The van der Waals surface area contributed by atoms with Crippen molar-refractivity contribution in [3.63, 3.8) is 0 Å². The Balaban J connectivity index is 1.74. The second-order valence-corrected chi connectivity index (χ2v) is 11.7. The number of nitrogens with one attached hydrogen (secondary N) is 1. The van der Waals surface area contributed by atoms with E-state index < -0.39 is 39.8 Å². The monoisotopic (exact) mass is 606 g/mol. The molecule has 1 heterocycles. The summed E-state index contributed by atoms with van der Waals surface area (Å²) in [6, 6.07) is 12.5. The Labute approximate surface area is 242 Å². The van der Waals surface area contributed by atoms with Crippen LogP contribution in [0.2, 0.25) is 5.02 Å². The van der Waals surface area contributed by atoms with Crippen LogP contribution in [0.25, 0.3) is 11.6 Å². The van der Waals surface area contributed by atoms with Crippen LogP contribution in [0.5, 0.6) is 11.5 Å². The second-order valence-electron chi connectivity index (χ2n) is 9.48. The third-order valence-electron chi connectivity index (χ3n) is 6.51. The Morgan fingerprint density at radius 2 is 1.98 bits per heavy atom. The molecule has 1 aliphatic heterocycles. The molecular weight excluding hydrogens is 578 g/mol. The summed E-state index contributed by atoms with van der Waals surface area (Å²) in [5.74, 6) is -1.74. The highest BCUT2D eigenvalue weighted by Gasteiger charge is 2.35. The van der Waals surface area contributed by atoms with Crippen molar-refractivity contribution in [2.45, 2.75) is 37.4 Å². The fourth-order valence-corrected chi connectivity index (χ4v) is 6.25. The second kappa shape index (κ2) is 12.5. The van der Waals surface area contributed by atoms with Gasteiger partial charge in [0.2, 0.25) is 5.91 Å². The van der Waals surface area contributed by atoms with E-state index >= 15 is 0 Å². The van der Waals surface area contributed by atoms with Gasteiger partial charge in [-0.3, -0.25) is 9.10 Å². The molecule has 0 aliphatic carbocycles. The van der Waals surface area contributed by atoms with E-state index in [0.717, 1.165) is 22.5 Å². The molecule has 41 heavy (non-hydrogen) atoms. The number of aliphatic hydroxyl groups is 1. The lowest BCUT2D eigenvalue weighted by molar-refractivity contribution is -0.128. The molecule has 0 spiro atoms. The molecule has 4 rings (SSSR count). The summed E-state index contributed by atoms with van der Waals surface area (Å²) >= 11 is 6.22. The van der Waals surface area contributed by atoms with Gasteiger partial charge in [-0.25, -0.2) is 17.2 Å². The summed E-state index contributed by atoms with van der Waals surface area (Å²) in [4.78, 5) is 11.6. The van der Waals surface area contributed by atoms with E-state index in [1.807, 2.05) is 0 Å². The number of nitrogens with zero attached hydrogens (tertiary/aromatic N) is 1. The zero-order valence-corrected chi connectivity index (χ0v) is 24.1. The summed E-state index contributed by atoms with van der Waals surface area (Å²) in [5.41, 5.74) is 1.53. The third kappa shape index (κ3) is 6.64. The van der Waals surface area contributed by atoms with Gasteiger partial charge < -0.3 is 19.9 Å². The summed E-state index contributed by atoms with van der Waals surface area (Å²) in [6.45, 7) is 3.04. The van der Waals surface area contributed by atoms with Crippen LogP contribution in [0.1, 0.15) is 31.4 Å². The molecule has 8 nitrogen and oxygen atoms in total. The van der Waals surface area contributed by atoms with Crippen molar-refractivity contribution in [2.24, 2.45) is 0 Å². The molecule has 0 radical (unpaired) electrons. The molecule has 1 amide bonds. The van der Waals surface area contributed by atoms with Crippen molar-refractivity contribution in [3.8, 4) is 11.5 Å². The molecule has 0 aromatic heterocycles. The minimum Gasteiger partial charge on any atom is -0.494 e. The van der Waals surface area contributed by atoms with Gasteiger partial charge in [0.05, 0.1) is 29.3 Å². The van der Waals surface area contributed by atoms with Crippen LogP contribution in [-0.4, -0.2) is 51.8 Å². The van der Waals surface area contributed by atoms with Crippen LogP contribution in [0.3, 0.4) is 0 Å². The number of benzene rings is 3. The zero-order chi connectivity index (χ0) is 29.9. The molecule has 2 unspecified atom stereocenters. The number of sulfonamides is 1. The van der Waals surface area contributed by atoms with Gasteiger partial charge in [0.15, 0.2) is 11.6 Å². The Kier molecular flexibility index (Phi) is 9.21. The Bertz CT molecular complexity index is 1580. The molecular formula is C29H29ClF2N2O6S. The molecule has 2 N–H and O–H groups in total. The first-order valence-corrected chi connectivity index (χ1v) is 14.5. The van der Waals surface area contributed by atoms with E-state index in [-0.39, 0.29) is 52.2 Å². The number of aliphatic hydroxyl groups excluding tert-OH is 1. The number of hydrogen-bond donors (Lipinski definition) is 2.